The van der Waals surface area contributed by atoms with Gasteiger partial charge in [-0.2, -0.15) is 0 Å². The number of fused-ring (bicyclic) bond motifs is 1. The highest BCUT2D eigenvalue weighted by atomic mass is 35.5. The summed E-state index contributed by atoms with van der Waals surface area (Å²) in [5.74, 6) is 0.221. The Morgan fingerprint density at radius 1 is 1.17 bits per heavy atom. The Hall–Kier alpha value is -1.42. The Balaban J connectivity index is 1.74. The van der Waals surface area contributed by atoms with E-state index in [1.54, 1.807) is 4.90 Å². The van der Waals surface area contributed by atoms with Crippen molar-refractivity contribution in [2.24, 2.45) is 0 Å². The lowest BCUT2D eigenvalue weighted by Gasteiger charge is -2.23. The first kappa shape index (κ1) is 16.4. The van der Waals surface area contributed by atoms with Crippen molar-refractivity contribution in [2.45, 2.75) is 19.4 Å². The minimum Gasteiger partial charge on any atom is -0.482 e. The number of carbonyl (C=O) groups is 1. The molecule has 3 nitrogen and oxygen atoms in total. The van der Waals surface area contributed by atoms with Gasteiger partial charge in [0.2, 0.25) is 0 Å². The van der Waals surface area contributed by atoms with Crippen LogP contribution >= 0.6 is 34.8 Å². The number of nitrogens with zero attached hydrogens (tertiary/aromatic N) is 1. The molecular weight excluding hydrogens is 357 g/mol. The van der Waals surface area contributed by atoms with E-state index in [0.717, 1.165) is 12.1 Å². The third kappa shape index (κ3) is 3.27. The van der Waals surface area contributed by atoms with Crippen molar-refractivity contribution in [1.29, 1.82) is 0 Å². The molecule has 3 rings (SSSR count). The van der Waals surface area contributed by atoms with Crippen LogP contribution in [0.15, 0.2) is 36.4 Å². The molecule has 0 radical (unpaired) electrons. The SMILES string of the molecule is C[C@@H]1Cc2ccccc2N1C(=O)COc1cc(Cl)c(Cl)cc1Cl. The lowest BCUT2D eigenvalue weighted by molar-refractivity contribution is -0.120. The van der Waals surface area contributed by atoms with E-state index in [-0.39, 0.29) is 18.6 Å². The molecule has 120 valence electrons. The second kappa shape index (κ2) is 6.60. The number of hydrogen-bond donors (Lipinski definition) is 0. The van der Waals surface area contributed by atoms with Crippen molar-refractivity contribution in [3.63, 3.8) is 0 Å². The van der Waals surface area contributed by atoms with Gasteiger partial charge in [-0.05, 0) is 31.0 Å². The van der Waals surface area contributed by atoms with Crippen LogP contribution in [0.2, 0.25) is 15.1 Å². The molecule has 1 aliphatic heterocycles. The highest BCUT2D eigenvalue weighted by Crippen LogP contribution is 2.35. The van der Waals surface area contributed by atoms with E-state index in [2.05, 4.69) is 0 Å². The van der Waals surface area contributed by atoms with Gasteiger partial charge >= 0.3 is 0 Å². The first-order valence-corrected chi connectivity index (χ1v) is 8.28. The zero-order valence-corrected chi connectivity index (χ0v) is 14.6. The average Bonchev–Trinajstić information content (AvgIpc) is 2.85. The number of ether oxygens (including phenoxy) is 1. The summed E-state index contributed by atoms with van der Waals surface area (Å²) in [4.78, 5) is 14.3. The van der Waals surface area contributed by atoms with Gasteiger partial charge in [0.1, 0.15) is 5.75 Å². The van der Waals surface area contributed by atoms with E-state index in [1.165, 1.54) is 17.7 Å². The van der Waals surface area contributed by atoms with E-state index >= 15 is 0 Å². The van der Waals surface area contributed by atoms with Gasteiger partial charge in [-0.25, -0.2) is 0 Å². The van der Waals surface area contributed by atoms with E-state index < -0.39 is 0 Å². The minimum absolute atomic E-state index is 0.104. The predicted molar refractivity (Wildman–Crippen MR) is 94.1 cm³/mol. The summed E-state index contributed by atoms with van der Waals surface area (Å²) in [6, 6.07) is 11.0. The fraction of sp³-hybridized carbons (Fsp3) is 0.235. The molecule has 6 heteroatoms. The maximum Gasteiger partial charge on any atom is 0.265 e. The minimum atomic E-state index is -0.121. The second-order valence-electron chi connectivity index (χ2n) is 5.43. The van der Waals surface area contributed by atoms with Crippen molar-refractivity contribution in [3.8, 4) is 5.75 Å². The molecule has 1 aliphatic rings. The smallest absolute Gasteiger partial charge is 0.265 e. The van der Waals surface area contributed by atoms with Crippen molar-refractivity contribution >= 4 is 46.4 Å². The number of hydrogen-bond acceptors (Lipinski definition) is 2. The quantitative estimate of drug-likeness (QED) is 0.711. The average molecular weight is 371 g/mol. The molecule has 0 saturated carbocycles. The number of para-hydroxylation sites is 1. The monoisotopic (exact) mass is 369 g/mol. The molecule has 0 aromatic heterocycles. The Bertz CT molecular complexity index is 763. The number of carbonyl (C=O) groups excluding carboxylic acids is 1. The molecule has 0 fully saturated rings. The van der Waals surface area contributed by atoms with Gasteiger partial charge in [-0.1, -0.05) is 53.0 Å². The van der Waals surface area contributed by atoms with Gasteiger partial charge in [0.25, 0.3) is 5.91 Å². The van der Waals surface area contributed by atoms with Gasteiger partial charge in [0.05, 0.1) is 15.1 Å². The van der Waals surface area contributed by atoms with Crippen molar-refractivity contribution in [1.82, 2.24) is 0 Å². The standard InChI is InChI=1S/C17H14Cl3NO2/c1-10-6-11-4-2-3-5-15(11)21(10)17(22)9-23-16-8-13(19)12(18)7-14(16)20/h2-5,7-8,10H,6,9H2,1H3/t10-/m1/s1. The van der Waals surface area contributed by atoms with Gasteiger partial charge in [-0.15, -0.1) is 0 Å². The molecule has 1 heterocycles. The number of amides is 1. The number of benzene rings is 2. The van der Waals surface area contributed by atoms with Crippen LogP contribution in [0, 0.1) is 0 Å². The lowest BCUT2D eigenvalue weighted by atomic mass is 10.1. The summed E-state index contributed by atoms with van der Waals surface area (Å²) in [6.07, 6.45) is 0.843. The fourth-order valence-corrected chi connectivity index (χ4v) is 3.36. The molecule has 23 heavy (non-hydrogen) atoms. The normalized spacial score (nSPS) is 16.3. The Kier molecular flexibility index (Phi) is 4.72. The van der Waals surface area contributed by atoms with Crippen LogP contribution in [0.4, 0.5) is 5.69 Å². The van der Waals surface area contributed by atoms with E-state index in [0.29, 0.717) is 20.8 Å². The molecule has 1 amide bonds. The van der Waals surface area contributed by atoms with Crippen LogP contribution in [-0.4, -0.2) is 18.6 Å². The molecule has 2 aromatic rings. The van der Waals surface area contributed by atoms with Crippen LogP contribution in [-0.2, 0) is 11.2 Å². The third-order valence-electron chi connectivity index (χ3n) is 3.80. The van der Waals surface area contributed by atoms with E-state index in [1.807, 2.05) is 31.2 Å². The number of rotatable bonds is 3. The second-order valence-corrected chi connectivity index (χ2v) is 6.65. The van der Waals surface area contributed by atoms with Crippen LogP contribution in [0.25, 0.3) is 0 Å². The zero-order valence-electron chi connectivity index (χ0n) is 12.4. The fourth-order valence-electron chi connectivity index (χ4n) is 2.77. The van der Waals surface area contributed by atoms with Crippen LogP contribution in [0.1, 0.15) is 12.5 Å². The Morgan fingerprint density at radius 2 is 1.87 bits per heavy atom. The van der Waals surface area contributed by atoms with Crippen molar-refractivity contribution in [3.05, 3.63) is 57.0 Å². The Labute approximate surface area is 149 Å². The Morgan fingerprint density at radius 3 is 2.65 bits per heavy atom. The third-order valence-corrected chi connectivity index (χ3v) is 4.82. The molecule has 2 aromatic carbocycles. The van der Waals surface area contributed by atoms with Gasteiger partial charge in [-0.3, -0.25) is 4.79 Å². The zero-order chi connectivity index (χ0) is 16.6. The number of anilines is 1. The molecular formula is C17H14Cl3NO2. The molecule has 0 bridgehead atoms. The summed E-state index contributed by atoms with van der Waals surface area (Å²) < 4.78 is 5.54. The summed E-state index contributed by atoms with van der Waals surface area (Å²) in [7, 11) is 0. The van der Waals surface area contributed by atoms with Crippen molar-refractivity contribution < 1.29 is 9.53 Å². The summed E-state index contributed by atoms with van der Waals surface area (Å²) in [5, 5.41) is 0.998. The molecule has 0 spiro atoms. The summed E-state index contributed by atoms with van der Waals surface area (Å²) >= 11 is 17.9. The summed E-state index contributed by atoms with van der Waals surface area (Å²) in [6.45, 7) is 1.90. The summed E-state index contributed by atoms with van der Waals surface area (Å²) in [5.41, 5.74) is 2.11. The van der Waals surface area contributed by atoms with Gasteiger partial charge < -0.3 is 9.64 Å². The molecule has 0 aliphatic carbocycles. The highest BCUT2D eigenvalue weighted by molar-refractivity contribution is 6.43. The van der Waals surface area contributed by atoms with Crippen molar-refractivity contribution in [2.75, 3.05) is 11.5 Å². The van der Waals surface area contributed by atoms with E-state index in [9.17, 15) is 4.79 Å². The first-order valence-electron chi connectivity index (χ1n) is 7.14. The lowest BCUT2D eigenvalue weighted by Crippen LogP contribution is -2.39. The topological polar surface area (TPSA) is 29.5 Å². The largest absolute Gasteiger partial charge is 0.482 e. The maximum atomic E-state index is 12.6. The molecule has 0 saturated heterocycles. The molecule has 1 atom stereocenters. The predicted octanol–water partition coefficient (Wildman–Crippen LogP) is 5.00. The van der Waals surface area contributed by atoms with E-state index in [4.69, 9.17) is 39.5 Å². The number of halogens is 3. The van der Waals surface area contributed by atoms with Crippen LogP contribution in [0.3, 0.4) is 0 Å². The first-order chi connectivity index (χ1) is 11.0. The van der Waals surface area contributed by atoms with Gasteiger partial charge in [0.15, 0.2) is 6.61 Å². The highest BCUT2D eigenvalue weighted by Gasteiger charge is 2.30. The maximum absolute atomic E-state index is 12.6. The van der Waals surface area contributed by atoms with Crippen LogP contribution in [0.5, 0.6) is 5.75 Å². The van der Waals surface area contributed by atoms with Crippen LogP contribution < -0.4 is 9.64 Å². The van der Waals surface area contributed by atoms with Gasteiger partial charge in [0, 0.05) is 17.8 Å². The molecule has 0 unspecified atom stereocenters. The molecule has 0 N–H and O–H groups in total.